The molecule has 0 radical (unpaired) electrons. The smallest absolute Gasteiger partial charge is 0.165 e. The topological polar surface area (TPSA) is 60.1 Å². The molecule has 2 N–H and O–H groups in total. The van der Waals surface area contributed by atoms with Crippen LogP contribution in [0, 0.1) is 0 Å². The first-order valence-electron chi connectivity index (χ1n) is 4.56. The van der Waals surface area contributed by atoms with E-state index in [2.05, 4.69) is 4.99 Å². The van der Waals surface area contributed by atoms with Gasteiger partial charge < -0.3 is 20.1 Å². The maximum atomic E-state index is 5.74. The van der Waals surface area contributed by atoms with Crippen LogP contribution in [0.5, 0.6) is 0 Å². The monoisotopic (exact) mass is 231 g/mol. The molecule has 1 aliphatic rings. The van der Waals surface area contributed by atoms with Crippen molar-refractivity contribution in [2.45, 2.75) is 6.04 Å². The van der Waals surface area contributed by atoms with Gasteiger partial charge in [0.2, 0.25) is 0 Å². The largest absolute Gasteiger partial charge is 0.495 e. The van der Waals surface area contributed by atoms with Crippen LogP contribution in [0.15, 0.2) is 16.6 Å². The molecule has 1 atom stereocenters. The summed E-state index contributed by atoms with van der Waals surface area (Å²) in [7, 11) is 3.26. The van der Waals surface area contributed by atoms with E-state index in [1.54, 1.807) is 32.3 Å². The first-order chi connectivity index (χ1) is 7.24. The molecule has 0 bridgehead atoms. The van der Waals surface area contributed by atoms with Gasteiger partial charge in [0, 0.05) is 7.11 Å². The molecule has 1 aliphatic heterocycles. The van der Waals surface area contributed by atoms with Gasteiger partial charge in [-0.1, -0.05) is 0 Å². The van der Waals surface area contributed by atoms with Gasteiger partial charge >= 0.3 is 0 Å². The number of thioether (sulfide) groups is 1. The maximum absolute atomic E-state index is 5.74. The van der Waals surface area contributed by atoms with Crippen LogP contribution in [0.25, 0.3) is 0 Å². The van der Waals surface area contributed by atoms with Gasteiger partial charge in [-0.2, -0.15) is 0 Å². The number of nitrogens with two attached hydrogens (primary N) is 1. The Morgan fingerprint density at radius 1 is 1.60 bits per heavy atom. The number of hydrogen-bond acceptors (Lipinski definition) is 6. The molecule has 0 aromatic rings. The molecule has 0 saturated heterocycles. The summed E-state index contributed by atoms with van der Waals surface area (Å²) in [6, 6.07) is 0.0185. The molecule has 0 fully saturated rings. The van der Waals surface area contributed by atoms with Crippen molar-refractivity contribution >= 4 is 18.1 Å². The fourth-order valence-electron chi connectivity index (χ4n) is 1.44. The van der Waals surface area contributed by atoms with E-state index in [9.17, 15) is 0 Å². The normalized spacial score (nSPS) is 21.0. The molecule has 0 spiro atoms. The molecule has 15 heavy (non-hydrogen) atoms. The lowest BCUT2D eigenvalue weighted by molar-refractivity contribution is 0.112. The minimum absolute atomic E-state index is 0.0185. The molecular weight excluding hydrogens is 214 g/mol. The van der Waals surface area contributed by atoms with Crippen LogP contribution in [-0.2, 0) is 9.47 Å². The molecule has 5 nitrogen and oxygen atoms in total. The molecule has 0 aromatic heterocycles. The van der Waals surface area contributed by atoms with E-state index in [4.69, 9.17) is 15.2 Å². The first kappa shape index (κ1) is 12.2. The minimum atomic E-state index is 0.0185. The number of aliphatic imine (C=N–C) groups is 1. The van der Waals surface area contributed by atoms with Gasteiger partial charge in [0.05, 0.1) is 25.9 Å². The Hall–Kier alpha value is -0.880. The van der Waals surface area contributed by atoms with E-state index in [0.717, 1.165) is 5.88 Å². The van der Waals surface area contributed by atoms with Crippen molar-refractivity contribution in [1.29, 1.82) is 0 Å². The third-order valence-electron chi connectivity index (χ3n) is 2.12. The van der Waals surface area contributed by atoms with Crippen molar-refractivity contribution in [2.24, 2.45) is 10.7 Å². The van der Waals surface area contributed by atoms with Gasteiger partial charge in [-0.05, 0) is 6.26 Å². The second-order valence-electron chi connectivity index (χ2n) is 3.10. The summed E-state index contributed by atoms with van der Waals surface area (Å²) in [5.41, 5.74) is 5.74. The number of rotatable bonds is 5. The Kier molecular flexibility index (Phi) is 4.77. The molecule has 86 valence electrons. The van der Waals surface area contributed by atoms with E-state index in [0.29, 0.717) is 18.2 Å². The van der Waals surface area contributed by atoms with Crippen LogP contribution >= 0.6 is 11.8 Å². The number of hydrogen-bond donors (Lipinski definition) is 1. The van der Waals surface area contributed by atoms with Crippen LogP contribution in [0.1, 0.15) is 0 Å². The highest BCUT2D eigenvalue weighted by Crippen LogP contribution is 2.19. The first-order valence-corrected chi connectivity index (χ1v) is 5.95. The van der Waals surface area contributed by atoms with Gasteiger partial charge in [0.25, 0.3) is 0 Å². The van der Waals surface area contributed by atoms with Gasteiger partial charge in [-0.3, -0.25) is 0 Å². The van der Waals surface area contributed by atoms with E-state index in [-0.39, 0.29) is 6.04 Å². The predicted molar refractivity (Wildman–Crippen MR) is 62.6 cm³/mol. The summed E-state index contributed by atoms with van der Waals surface area (Å²) in [6.45, 7) is 0.538. The molecular formula is C9H17N3O2S. The highest BCUT2D eigenvalue weighted by atomic mass is 32.2. The second kappa shape index (κ2) is 5.87. The molecule has 1 heterocycles. The van der Waals surface area contributed by atoms with Crippen LogP contribution < -0.4 is 5.73 Å². The van der Waals surface area contributed by atoms with Crippen molar-refractivity contribution in [3.8, 4) is 0 Å². The highest BCUT2D eigenvalue weighted by Gasteiger charge is 2.26. The minimum Gasteiger partial charge on any atom is -0.495 e. The third-order valence-corrected chi connectivity index (χ3v) is 2.68. The Bertz CT molecular complexity index is 268. The summed E-state index contributed by atoms with van der Waals surface area (Å²) >= 11 is 1.71. The van der Waals surface area contributed by atoms with Gasteiger partial charge in [-0.15, -0.1) is 11.8 Å². The lowest BCUT2D eigenvalue weighted by Crippen LogP contribution is -2.42. The van der Waals surface area contributed by atoms with Gasteiger partial charge in [-0.25, -0.2) is 4.99 Å². The number of ether oxygens (including phenoxy) is 2. The van der Waals surface area contributed by atoms with Crippen molar-refractivity contribution in [2.75, 3.05) is 33.0 Å². The van der Waals surface area contributed by atoms with E-state index >= 15 is 0 Å². The zero-order chi connectivity index (χ0) is 11.3. The Morgan fingerprint density at radius 2 is 2.33 bits per heavy atom. The van der Waals surface area contributed by atoms with Crippen molar-refractivity contribution < 1.29 is 9.47 Å². The predicted octanol–water partition coefficient (Wildman–Crippen LogP) is 0.440. The summed E-state index contributed by atoms with van der Waals surface area (Å²) in [5, 5.41) is 0. The number of methoxy groups -OCH3 is 2. The summed E-state index contributed by atoms with van der Waals surface area (Å²) in [6.07, 6.45) is 3.77. The number of nitrogens with zero attached hydrogens (tertiary/aromatic N) is 2. The van der Waals surface area contributed by atoms with Gasteiger partial charge in [0.15, 0.2) is 11.6 Å². The third kappa shape index (κ3) is 2.79. The molecule has 6 heteroatoms. The van der Waals surface area contributed by atoms with Crippen LogP contribution in [0.3, 0.4) is 0 Å². The lowest BCUT2D eigenvalue weighted by Gasteiger charge is -2.32. The Labute approximate surface area is 94.3 Å². The van der Waals surface area contributed by atoms with E-state index in [1.165, 1.54) is 0 Å². The average Bonchev–Trinajstić information content (AvgIpc) is 2.23. The maximum Gasteiger partial charge on any atom is 0.165 e. The quantitative estimate of drug-likeness (QED) is 0.744. The SMILES string of the molecule is COCC1C(OC)=C(N)N=CN1CSC. The molecule has 0 amide bonds. The van der Waals surface area contributed by atoms with Gasteiger partial charge in [0.1, 0.15) is 6.04 Å². The Morgan fingerprint density at radius 3 is 2.87 bits per heavy atom. The van der Waals surface area contributed by atoms with Crippen molar-refractivity contribution in [3.05, 3.63) is 11.6 Å². The molecule has 0 aromatic carbocycles. The fourth-order valence-corrected chi connectivity index (χ4v) is 1.99. The lowest BCUT2D eigenvalue weighted by atomic mass is 10.2. The zero-order valence-corrected chi connectivity index (χ0v) is 10.1. The standard InChI is InChI=1S/C9H17N3O2S/c1-13-4-7-8(14-2)9(10)11-5-12(7)6-15-3/h5,7H,4,6,10H2,1-3H3. The summed E-state index contributed by atoms with van der Waals surface area (Å²) < 4.78 is 10.4. The molecule has 1 rings (SSSR count). The van der Waals surface area contributed by atoms with Crippen molar-refractivity contribution in [3.63, 3.8) is 0 Å². The zero-order valence-electron chi connectivity index (χ0n) is 9.27. The second-order valence-corrected chi connectivity index (χ2v) is 3.94. The summed E-state index contributed by atoms with van der Waals surface area (Å²) in [5.74, 6) is 1.93. The molecule has 1 unspecified atom stereocenters. The van der Waals surface area contributed by atoms with E-state index in [1.807, 2.05) is 11.2 Å². The fraction of sp³-hybridized carbons (Fsp3) is 0.667. The molecule has 0 aliphatic carbocycles. The van der Waals surface area contributed by atoms with Crippen LogP contribution in [0.2, 0.25) is 0 Å². The van der Waals surface area contributed by atoms with E-state index < -0.39 is 0 Å². The molecule has 0 saturated carbocycles. The highest BCUT2D eigenvalue weighted by molar-refractivity contribution is 7.98. The van der Waals surface area contributed by atoms with Crippen LogP contribution in [0.4, 0.5) is 0 Å². The van der Waals surface area contributed by atoms with Crippen molar-refractivity contribution in [1.82, 2.24) is 4.90 Å². The Balaban J connectivity index is 2.83. The van der Waals surface area contributed by atoms with Crippen LogP contribution in [-0.4, -0.2) is 50.2 Å². The average molecular weight is 231 g/mol. The summed E-state index contributed by atoms with van der Waals surface area (Å²) in [4.78, 5) is 6.12.